The Balaban J connectivity index is 1.59. The highest BCUT2D eigenvalue weighted by Gasteiger charge is 2.20. The van der Waals surface area contributed by atoms with Crippen molar-refractivity contribution in [2.75, 3.05) is 37.7 Å². The van der Waals surface area contributed by atoms with Gasteiger partial charge in [-0.1, -0.05) is 19.1 Å². The lowest BCUT2D eigenvalue weighted by molar-refractivity contribution is 0.248. The van der Waals surface area contributed by atoms with E-state index in [0.29, 0.717) is 6.54 Å². The lowest BCUT2D eigenvalue weighted by atomic mass is 10.1. The molecule has 5 nitrogen and oxygen atoms in total. The zero-order valence-corrected chi connectivity index (χ0v) is 15.7. The number of aliphatic hydroxyl groups excluding tert-OH is 1. The maximum atomic E-state index is 9.16. The molecule has 136 valence electrons. The fraction of sp³-hybridized carbons (Fsp3) is 0.550. The number of hydrogen-bond acceptors (Lipinski definition) is 4. The van der Waals surface area contributed by atoms with E-state index in [1.54, 1.807) is 0 Å². The van der Waals surface area contributed by atoms with Crippen LogP contribution in [0.1, 0.15) is 29.4 Å². The van der Waals surface area contributed by atoms with Crippen LogP contribution in [0.25, 0.3) is 0 Å². The molecule has 0 unspecified atom stereocenters. The van der Waals surface area contributed by atoms with E-state index in [4.69, 9.17) is 5.11 Å². The number of hydrogen-bond donors (Lipinski definition) is 1. The zero-order chi connectivity index (χ0) is 17.8. The summed E-state index contributed by atoms with van der Waals surface area (Å²) >= 11 is 0. The molecule has 0 bridgehead atoms. The van der Waals surface area contributed by atoms with Crippen molar-refractivity contribution in [3.63, 3.8) is 0 Å². The summed E-state index contributed by atoms with van der Waals surface area (Å²) in [4.78, 5) is 4.99. The van der Waals surface area contributed by atoms with E-state index in [0.717, 1.165) is 44.8 Å². The predicted octanol–water partition coefficient (Wildman–Crippen LogP) is 2.38. The average molecular weight is 342 g/mol. The van der Waals surface area contributed by atoms with Crippen LogP contribution in [0.15, 0.2) is 24.3 Å². The molecule has 1 aromatic heterocycles. The molecule has 1 aromatic carbocycles. The summed E-state index contributed by atoms with van der Waals surface area (Å²) in [6.07, 6.45) is 1.09. The first-order valence-electron chi connectivity index (χ1n) is 9.32. The van der Waals surface area contributed by atoms with Crippen LogP contribution < -0.4 is 4.90 Å². The van der Waals surface area contributed by atoms with Gasteiger partial charge in [-0.15, -0.1) is 0 Å². The summed E-state index contributed by atoms with van der Waals surface area (Å²) in [5, 5.41) is 13.7. The van der Waals surface area contributed by atoms with Gasteiger partial charge in [0.15, 0.2) is 0 Å². The second-order valence-electron chi connectivity index (χ2n) is 6.88. The summed E-state index contributed by atoms with van der Waals surface area (Å²) in [6, 6.07) is 8.98. The minimum absolute atomic E-state index is 0.136. The maximum Gasteiger partial charge on any atom is 0.0644 e. The minimum atomic E-state index is 0.136. The molecule has 1 N–H and O–H groups in total. The summed E-state index contributed by atoms with van der Waals surface area (Å²) in [5.41, 5.74) is 6.31. The van der Waals surface area contributed by atoms with Crippen molar-refractivity contribution in [3.8, 4) is 0 Å². The van der Waals surface area contributed by atoms with Gasteiger partial charge in [0.2, 0.25) is 0 Å². The Morgan fingerprint density at radius 2 is 1.72 bits per heavy atom. The lowest BCUT2D eigenvalue weighted by Gasteiger charge is -2.36. The van der Waals surface area contributed by atoms with E-state index < -0.39 is 0 Å². The molecule has 2 aromatic rings. The summed E-state index contributed by atoms with van der Waals surface area (Å²) in [7, 11) is 0. The molecule has 0 saturated carbocycles. The molecule has 5 heteroatoms. The number of aryl methyl sites for hydroxylation is 2. The molecule has 0 amide bonds. The van der Waals surface area contributed by atoms with Crippen LogP contribution >= 0.6 is 0 Å². The fourth-order valence-corrected chi connectivity index (χ4v) is 3.61. The number of aromatic nitrogens is 2. The molecule has 1 aliphatic heterocycles. The van der Waals surface area contributed by atoms with Crippen molar-refractivity contribution in [1.82, 2.24) is 14.7 Å². The third-order valence-corrected chi connectivity index (χ3v) is 5.31. The van der Waals surface area contributed by atoms with Crippen molar-refractivity contribution in [2.24, 2.45) is 0 Å². The van der Waals surface area contributed by atoms with Crippen LogP contribution in [0.5, 0.6) is 0 Å². The minimum Gasteiger partial charge on any atom is -0.394 e. The van der Waals surface area contributed by atoms with Crippen LogP contribution in [0.3, 0.4) is 0 Å². The van der Waals surface area contributed by atoms with E-state index >= 15 is 0 Å². The van der Waals surface area contributed by atoms with Crippen molar-refractivity contribution < 1.29 is 5.11 Å². The van der Waals surface area contributed by atoms with Crippen LogP contribution in [0.4, 0.5) is 5.69 Å². The first kappa shape index (κ1) is 18.0. The summed E-state index contributed by atoms with van der Waals surface area (Å²) < 4.78 is 1.93. The van der Waals surface area contributed by atoms with Gasteiger partial charge in [-0.05, 0) is 38.0 Å². The molecule has 1 fully saturated rings. The number of benzene rings is 1. The Kier molecular flexibility index (Phi) is 5.76. The van der Waals surface area contributed by atoms with E-state index in [2.05, 4.69) is 59.9 Å². The van der Waals surface area contributed by atoms with E-state index in [1.807, 2.05) is 4.68 Å². The van der Waals surface area contributed by atoms with Gasteiger partial charge in [-0.25, -0.2) is 0 Å². The zero-order valence-electron chi connectivity index (χ0n) is 15.7. The highest BCUT2D eigenvalue weighted by atomic mass is 16.3. The number of aliphatic hydroxyl groups is 1. The number of nitrogens with zero attached hydrogens (tertiary/aromatic N) is 4. The van der Waals surface area contributed by atoms with Gasteiger partial charge in [-0.2, -0.15) is 5.10 Å². The maximum absolute atomic E-state index is 9.16. The lowest BCUT2D eigenvalue weighted by Crippen LogP contribution is -2.46. The van der Waals surface area contributed by atoms with E-state index in [9.17, 15) is 0 Å². The Bertz CT molecular complexity index is 684. The molecular formula is C20H30N4O. The monoisotopic (exact) mass is 342 g/mol. The normalized spacial score (nSPS) is 15.8. The summed E-state index contributed by atoms with van der Waals surface area (Å²) in [6.45, 7) is 12.3. The Labute approximate surface area is 150 Å². The van der Waals surface area contributed by atoms with E-state index in [1.165, 1.54) is 22.5 Å². The van der Waals surface area contributed by atoms with Crippen molar-refractivity contribution in [1.29, 1.82) is 0 Å². The van der Waals surface area contributed by atoms with Gasteiger partial charge in [0.05, 0.1) is 18.8 Å². The van der Waals surface area contributed by atoms with Crippen molar-refractivity contribution >= 4 is 5.69 Å². The average Bonchev–Trinajstić information content (AvgIpc) is 2.90. The fourth-order valence-electron chi connectivity index (χ4n) is 3.61. The van der Waals surface area contributed by atoms with Gasteiger partial charge in [0.1, 0.15) is 0 Å². The van der Waals surface area contributed by atoms with Gasteiger partial charge in [0, 0.05) is 49.7 Å². The van der Waals surface area contributed by atoms with Gasteiger partial charge < -0.3 is 10.0 Å². The largest absolute Gasteiger partial charge is 0.394 e. The van der Waals surface area contributed by atoms with E-state index in [-0.39, 0.29) is 6.61 Å². The molecule has 2 heterocycles. The first-order valence-corrected chi connectivity index (χ1v) is 9.32. The van der Waals surface area contributed by atoms with Crippen LogP contribution in [0.2, 0.25) is 0 Å². The molecule has 3 rings (SSSR count). The molecule has 0 radical (unpaired) electrons. The van der Waals surface area contributed by atoms with Gasteiger partial charge >= 0.3 is 0 Å². The van der Waals surface area contributed by atoms with Gasteiger partial charge in [-0.3, -0.25) is 9.58 Å². The molecule has 0 atom stereocenters. The number of rotatable bonds is 6. The standard InChI is InChI=1S/C20H30N4O/c1-4-18-5-7-19(8-6-18)23-11-9-22(10-12-23)15-20-16(2)21-24(13-14-25)17(20)3/h5-8,25H,4,9-15H2,1-3H3. The Morgan fingerprint density at radius 3 is 2.32 bits per heavy atom. The Morgan fingerprint density at radius 1 is 1.04 bits per heavy atom. The molecule has 1 saturated heterocycles. The second-order valence-corrected chi connectivity index (χ2v) is 6.88. The van der Waals surface area contributed by atoms with Crippen molar-refractivity contribution in [3.05, 3.63) is 46.8 Å². The molecule has 0 aliphatic carbocycles. The smallest absolute Gasteiger partial charge is 0.0644 e. The predicted molar refractivity (Wildman–Crippen MR) is 102 cm³/mol. The first-order chi connectivity index (χ1) is 12.1. The SMILES string of the molecule is CCc1ccc(N2CCN(Cc3c(C)nn(CCO)c3C)CC2)cc1. The molecule has 0 spiro atoms. The third-order valence-electron chi connectivity index (χ3n) is 5.31. The number of piperazine rings is 1. The summed E-state index contributed by atoms with van der Waals surface area (Å²) in [5.74, 6) is 0. The highest BCUT2D eigenvalue weighted by molar-refractivity contribution is 5.48. The molecule has 1 aliphatic rings. The second kappa shape index (κ2) is 8.02. The number of anilines is 1. The van der Waals surface area contributed by atoms with Crippen LogP contribution in [-0.2, 0) is 19.5 Å². The molecule has 25 heavy (non-hydrogen) atoms. The van der Waals surface area contributed by atoms with Crippen LogP contribution in [-0.4, -0.2) is 52.6 Å². The quantitative estimate of drug-likeness (QED) is 0.875. The Hall–Kier alpha value is -1.85. The topological polar surface area (TPSA) is 44.5 Å². The molecular weight excluding hydrogens is 312 g/mol. The third kappa shape index (κ3) is 4.05. The highest BCUT2D eigenvalue weighted by Crippen LogP contribution is 2.20. The van der Waals surface area contributed by atoms with Crippen LogP contribution in [0, 0.1) is 13.8 Å². The van der Waals surface area contributed by atoms with Crippen molar-refractivity contribution in [2.45, 2.75) is 40.3 Å². The van der Waals surface area contributed by atoms with Gasteiger partial charge in [0.25, 0.3) is 0 Å².